The number of fused-ring (bicyclic) bond motifs is 1. The quantitative estimate of drug-likeness (QED) is 0.599. The molecule has 0 unspecified atom stereocenters. The summed E-state index contributed by atoms with van der Waals surface area (Å²) < 4.78 is 0. The van der Waals surface area contributed by atoms with Crippen LogP contribution in [0.25, 0.3) is 0 Å². The number of para-hydroxylation sites is 1. The highest BCUT2D eigenvalue weighted by Crippen LogP contribution is 2.38. The van der Waals surface area contributed by atoms with E-state index in [-0.39, 0.29) is 10.6 Å². The Hall–Kier alpha value is -2.43. The molecule has 0 bridgehead atoms. The van der Waals surface area contributed by atoms with Crippen molar-refractivity contribution in [3.63, 3.8) is 0 Å². The van der Waals surface area contributed by atoms with Crippen molar-refractivity contribution in [2.75, 3.05) is 11.4 Å². The Labute approximate surface area is 104 Å². The van der Waals surface area contributed by atoms with Gasteiger partial charge in [-0.25, -0.2) is 0 Å². The minimum absolute atomic E-state index is 0.0502. The van der Waals surface area contributed by atoms with E-state index in [2.05, 4.69) is 11.1 Å². The number of aromatic nitrogens is 1. The van der Waals surface area contributed by atoms with Gasteiger partial charge in [0.1, 0.15) is 11.9 Å². The third kappa shape index (κ3) is 1.60. The first kappa shape index (κ1) is 10.7. The van der Waals surface area contributed by atoms with E-state index in [0.717, 1.165) is 18.7 Å². The van der Waals surface area contributed by atoms with Gasteiger partial charge >= 0.3 is 5.69 Å². The number of nitrogens with zero attached hydrogens (tertiary/aromatic N) is 3. The van der Waals surface area contributed by atoms with E-state index in [4.69, 9.17) is 0 Å². The largest absolute Gasteiger partial charge is 0.335 e. The van der Waals surface area contributed by atoms with Crippen LogP contribution < -0.4 is 4.90 Å². The molecule has 1 aliphatic heterocycles. The molecule has 0 amide bonds. The first-order valence-electron chi connectivity index (χ1n) is 5.71. The molecule has 0 aliphatic carbocycles. The predicted octanol–water partition coefficient (Wildman–Crippen LogP) is 2.68. The van der Waals surface area contributed by atoms with Crippen LogP contribution in [0.5, 0.6) is 0 Å². The third-order valence-electron chi connectivity index (χ3n) is 3.15. The summed E-state index contributed by atoms with van der Waals surface area (Å²) in [7, 11) is 0. The zero-order chi connectivity index (χ0) is 12.5. The zero-order valence-corrected chi connectivity index (χ0v) is 9.61. The summed E-state index contributed by atoms with van der Waals surface area (Å²) in [6.07, 6.45) is 3.80. The summed E-state index contributed by atoms with van der Waals surface area (Å²) in [5.74, 6) is 0. The molecule has 0 spiro atoms. The van der Waals surface area contributed by atoms with Gasteiger partial charge < -0.3 is 4.90 Å². The highest BCUT2D eigenvalue weighted by atomic mass is 16.6. The summed E-state index contributed by atoms with van der Waals surface area (Å²) in [5.41, 5.74) is 2.93. The molecule has 0 atom stereocenters. The Morgan fingerprint density at radius 2 is 2.06 bits per heavy atom. The number of benzene rings is 1. The van der Waals surface area contributed by atoms with Crippen molar-refractivity contribution in [1.82, 2.24) is 4.98 Å². The van der Waals surface area contributed by atoms with Gasteiger partial charge in [0.25, 0.3) is 0 Å². The maximum absolute atomic E-state index is 11.0. The highest BCUT2D eigenvalue weighted by molar-refractivity contribution is 5.75. The summed E-state index contributed by atoms with van der Waals surface area (Å²) >= 11 is 0. The number of rotatable bonds is 2. The van der Waals surface area contributed by atoms with Crippen LogP contribution >= 0.6 is 0 Å². The SMILES string of the molecule is O=[N+]([O-])c1cnccc1N1CCc2ccccc21. The average molecular weight is 241 g/mol. The third-order valence-corrected chi connectivity index (χ3v) is 3.15. The van der Waals surface area contributed by atoms with Crippen LogP contribution in [0.3, 0.4) is 0 Å². The second-order valence-electron chi connectivity index (χ2n) is 4.15. The smallest absolute Gasteiger partial charge is 0.310 e. The molecule has 90 valence electrons. The van der Waals surface area contributed by atoms with Gasteiger partial charge in [-0.05, 0) is 24.1 Å². The summed E-state index contributed by atoms with van der Waals surface area (Å²) in [6.45, 7) is 0.768. The number of hydrogen-bond acceptors (Lipinski definition) is 4. The Bertz CT molecular complexity index is 613. The Balaban J connectivity index is 2.10. The van der Waals surface area contributed by atoms with Crippen molar-refractivity contribution in [1.29, 1.82) is 0 Å². The standard InChI is InChI=1S/C13H11N3O2/c17-16(18)13-9-14-7-5-12(13)15-8-6-10-3-1-2-4-11(10)15/h1-5,7,9H,6,8H2. The molecule has 2 heterocycles. The van der Waals surface area contributed by atoms with Gasteiger partial charge in [0.05, 0.1) is 4.92 Å². The predicted molar refractivity (Wildman–Crippen MR) is 68.0 cm³/mol. The molecule has 0 fully saturated rings. The summed E-state index contributed by atoms with van der Waals surface area (Å²) in [5, 5.41) is 11.0. The van der Waals surface area contributed by atoms with Crippen molar-refractivity contribution in [3.8, 4) is 0 Å². The molecule has 5 heteroatoms. The zero-order valence-electron chi connectivity index (χ0n) is 9.61. The van der Waals surface area contributed by atoms with Crippen molar-refractivity contribution >= 4 is 17.1 Å². The van der Waals surface area contributed by atoms with Crippen LogP contribution in [0.4, 0.5) is 17.1 Å². The minimum Gasteiger partial charge on any atom is -0.335 e. The lowest BCUT2D eigenvalue weighted by Crippen LogP contribution is -2.14. The molecule has 5 nitrogen and oxygen atoms in total. The molecule has 0 radical (unpaired) electrons. The van der Waals surface area contributed by atoms with Crippen LogP contribution in [0.15, 0.2) is 42.7 Å². The molecule has 18 heavy (non-hydrogen) atoms. The fourth-order valence-corrected chi connectivity index (χ4v) is 2.34. The van der Waals surface area contributed by atoms with Crippen molar-refractivity contribution in [2.24, 2.45) is 0 Å². The fourth-order valence-electron chi connectivity index (χ4n) is 2.34. The molecule has 1 aromatic heterocycles. The molecule has 1 aliphatic rings. The van der Waals surface area contributed by atoms with Gasteiger partial charge in [-0.2, -0.15) is 0 Å². The minimum atomic E-state index is -0.386. The van der Waals surface area contributed by atoms with Gasteiger partial charge in [0.2, 0.25) is 0 Å². The van der Waals surface area contributed by atoms with E-state index in [1.165, 1.54) is 11.8 Å². The second-order valence-corrected chi connectivity index (χ2v) is 4.15. The normalized spacial score (nSPS) is 13.4. The van der Waals surface area contributed by atoms with E-state index < -0.39 is 0 Å². The summed E-state index contributed by atoms with van der Waals surface area (Å²) in [4.78, 5) is 16.5. The second kappa shape index (κ2) is 4.10. The van der Waals surface area contributed by atoms with E-state index in [0.29, 0.717) is 5.69 Å². The summed E-state index contributed by atoms with van der Waals surface area (Å²) in [6, 6.07) is 9.68. The average Bonchev–Trinajstić information content (AvgIpc) is 2.82. The molecule has 0 saturated carbocycles. The lowest BCUT2D eigenvalue weighted by atomic mass is 10.2. The Morgan fingerprint density at radius 3 is 2.89 bits per heavy atom. The monoisotopic (exact) mass is 241 g/mol. The fraction of sp³-hybridized carbons (Fsp3) is 0.154. The van der Waals surface area contributed by atoms with Gasteiger partial charge in [-0.1, -0.05) is 18.2 Å². The molecule has 0 N–H and O–H groups in total. The Morgan fingerprint density at radius 1 is 1.22 bits per heavy atom. The van der Waals surface area contributed by atoms with Crippen molar-refractivity contribution in [3.05, 3.63) is 58.4 Å². The van der Waals surface area contributed by atoms with Gasteiger partial charge in [0.15, 0.2) is 0 Å². The molecular weight excluding hydrogens is 230 g/mol. The van der Waals surface area contributed by atoms with E-state index >= 15 is 0 Å². The van der Waals surface area contributed by atoms with E-state index in [1.54, 1.807) is 12.3 Å². The highest BCUT2D eigenvalue weighted by Gasteiger charge is 2.25. The van der Waals surface area contributed by atoms with Gasteiger partial charge in [0, 0.05) is 18.4 Å². The first-order chi connectivity index (χ1) is 8.77. The lowest BCUT2D eigenvalue weighted by molar-refractivity contribution is -0.384. The lowest BCUT2D eigenvalue weighted by Gasteiger charge is -2.18. The van der Waals surface area contributed by atoms with Gasteiger partial charge in [-0.15, -0.1) is 0 Å². The maximum atomic E-state index is 11.0. The molecule has 1 aromatic carbocycles. The van der Waals surface area contributed by atoms with Crippen molar-refractivity contribution < 1.29 is 4.92 Å². The van der Waals surface area contributed by atoms with Crippen LogP contribution in [0.1, 0.15) is 5.56 Å². The van der Waals surface area contributed by atoms with Gasteiger partial charge in [-0.3, -0.25) is 15.1 Å². The number of pyridine rings is 1. The molecular formula is C13H11N3O2. The van der Waals surface area contributed by atoms with Crippen LogP contribution in [-0.2, 0) is 6.42 Å². The number of hydrogen-bond donors (Lipinski definition) is 0. The first-order valence-corrected chi connectivity index (χ1v) is 5.71. The number of nitro groups is 1. The molecule has 0 saturated heterocycles. The van der Waals surface area contributed by atoms with Crippen LogP contribution in [0.2, 0.25) is 0 Å². The van der Waals surface area contributed by atoms with Crippen LogP contribution in [0, 0.1) is 10.1 Å². The molecule has 2 aromatic rings. The van der Waals surface area contributed by atoms with E-state index in [9.17, 15) is 10.1 Å². The van der Waals surface area contributed by atoms with Crippen molar-refractivity contribution in [2.45, 2.75) is 6.42 Å². The van der Waals surface area contributed by atoms with E-state index in [1.807, 2.05) is 23.1 Å². The molecule has 3 rings (SSSR count). The Kier molecular flexibility index (Phi) is 2.44. The number of anilines is 2. The topological polar surface area (TPSA) is 59.3 Å². The maximum Gasteiger partial charge on any atom is 0.310 e. The van der Waals surface area contributed by atoms with Crippen LogP contribution in [-0.4, -0.2) is 16.5 Å².